The molecule has 2 fully saturated rings. The summed E-state index contributed by atoms with van der Waals surface area (Å²) in [5.41, 5.74) is 0. The maximum absolute atomic E-state index is 12.1. The van der Waals surface area contributed by atoms with Gasteiger partial charge in [0.15, 0.2) is 5.78 Å². The van der Waals surface area contributed by atoms with Crippen molar-refractivity contribution in [3.8, 4) is 0 Å². The molecule has 2 aliphatic carbocycles. The normalized spacial score (nSPS) is 42.8. The molecule has 6 atom stereocenters. The Kier molecular flexibility index (Phi) is 5.32. The maximum atomic E-state index is 12.1. The number of hydrogen-bond donors (Lipinski definition) is 4. The van der Waals surface area contributed by atoms with Crippen LogP contribution < -0.4 is 0 Å². The lowest BCUT2D eigenvalue weighted by atomic mass is 9.81. The highest BCUT2D eigenvalue weighted by Gasteiger charge is 2.32. The SMILES string of the molecule is O=C(/C=C/C1CCC(O)C(O)C1)C1CCC(O)CC1O. The molecule has 2 saturated carbocycles. The second kappa shape index (κ2) is 6.80. The largest absolute Gasteiger partial charge is 0.393 e. The minimum absolute atomic E-state index is 0.101. The van der Waals surface area contributed by atoms with E-state index in [1.165, 1.54) is 6.08 Å². The van der Waals surface area contributed by atoms with Crippen molar-refractivity contribution in [3.05, 3.63) is 12.2 Å². The van der Waals surface area contributed by atoms with Crippen LogP contribution in [-0.2, 0) is 4.79 Å². The van der Waals surface area contributed by atoms with Crippen molar-refractivity contribution in [1.29, 1.82) is 0 Å². The van der Waals surface area contributed by atoms with Gasteiger partial charge in [-0.15, -0.1) is 0 Å². The first-order valence-electron chi connectivity index (χ1n) is 7.41. The fraction of sp³-hybridized carbons (Fsp3) is 0.800. The van der Waals surface area contributed by atoms with Crippen LogP contribution in [0, 0.1) is 11.8 Å². The first-order chi connectivity index (χ1) is 9.47. The molecule has 20 heavy (non-hydrogen) atoms. The van der Waals surface area contributed by atoms with Crippen molar-refractivity contribution in [1.82, 2.24) is 0 Å². The Morgan fingerprint density at radius 2 is 1.60 bits per heavy atom. The summed E-state index contributed by atoms with van der Waals surface area (Å²) in [6, 6.07) is 0. The van der Waals surface area contributed by atoms with Crippen LogP contribution in [0.2, 0.25) is 0 Å². The topological polar surface area (TPSA) is 98.0 Å². The third-order valence-corrected chi connectivity index (χ3v) is 4.51. The van der Waals surface area contributed by atoms with Gasteiger partial charge in [0, 0.05) is 5.92 Å². The number of hydrogen-bond acceptors (Lipinski definition) is 5. The Labute approximate surface area is 118 Å². The highest BCUT2D eigenvalue weighted by atomic mass is 16.3. The quantitative estimate of drug-likeness (QED) is 0.553. The number of aliphatic hydroxyl groups excluding tert-OH is 4. The van der Waals surface area contributed by atoms with Crippen LogP contribution in [0.1, 0.15) is 38.5 Å². The maximum Gasteiger partial charge on any atom is 0.161 e. The van der Waals surface area contributed by atoms with Crippen molar-refractivity contribution >= 4 is 5.78 Å². The molecule has 0 aliphatic heterocycles. The molecule has 0 aromatic heterocycles. The van der Waals surface area contributed by atoms with Gasteiger partial charge in [-0.3, -0.25) is 4.79 Å². The lowest BCUT2D eigenvalue weighted by molar-refractivity contribution is -0.124. The lowest BCUT2D eigenvalue weighted by Gasteiger charge is -2.29. The van der Waals surface area contributed by atoms with Gasteiger partial charge in [-0.05, 0) is 50.5 Å². The third kappa shape index (κ3) is 3.88. The Morgan fingerprint density at radius 3 is 2.25 bits per heavy atom. The molecule has 4 N–H and O–H groups in total. The number of allylic oxidation sites excluding steroid dienone is 2. The number of carbonyl (C=O) groups is 1. The molecule has 0 spiro atoms. The average molecular weight is 284 g/mol. The van der Waals surface area contributed by atoms with E-state index in [0.717, 1.165) is 6.42 Å². The van der Waals surface area contributed by atoms with E-state index in [1.54, 1.807) is 6.08 Å². The van der Waals surface area contributed by atoms with Gasteiger partial charge < -0.3 is 20.4 Å². The molecule has 5 nitrogen and oxygen atoms in total. The molecule has 0 aromatic carbocycles. The van der Waals surface area contributed by atoms with Crippen LogP contribution in [0.5, 0.6) is 0 Å². The smallest absolute Gasteiger partial charge is 0.161 e. The molecular formula is C15H24O5. The molecule has 114 valence electrons. The summed E-state index contributed by atoms with van der Waals surface area (Å²) in [6.07, 6.45) is 3.73. The molecule has 0 radical (unpaired) electrons. The summed E-state index contributed by atoms with van der Waals surface area (Å²) >= 11 is 0. The van der Waals surface area contributed by atoms with Gasteiger partial charge in [0.05, 0.1) is 24.4 Å². The zero-order valence-electron chi connectivity index (χ0n) is 11.6. The third-order valence-electron chi connectivity index (χ3n) is 4.51. The summed E-state index contributed by atoms with van der Waals surface area (Å²) in [7, 11) is 0. The van der Waals surface area contributed by atoms with E-state index in [1.807, 2.05) is 0 Å². The van der Waals surface area contributed by atoms with Gasteiger partial charge in [0.25, 0.3) is 0 Å². The summed E-state index contributed by atoms with van der Waals surface area (Å²) in [5, 5.41) is 38.3. The highest BCUT2D eigenvalue weighted by molar-refractivity contribution is 5.92. The van der Waals surface area contributed by atoms with Gasteiger partial charge in [-0.2, -0.15) is 0 Å². The molecule has 0 saturated heterocycles. The van der Waals surface area contributed by atoms with Gasteiger partial charge in [-0.25, -0.2) is 0 Å². The van der Waals surface area contributed by atoms with Gasteiger partial charge >= 0.3 is 0 Å². The van der Waals surface area contributed by atoms with Crippen LogP contribution in [0.4, 0.5) is 0 Å². The second-order valence-electron chi connectivity index (χ2n) is 6.11. The minimum Gasteiger partial charge on any atom is -0.393 e. The van der Waals surface area contributed by atoms with Crippen molar-refractivity contribution < 1.29 is 25.2 Å². The summed E-state index contributed by atoms with van der Waals surface area (Å²) in [6.45, 7) is 0. The van der Waals surface area contributed by atoms with E-state index in [0.29, 0.717) is 25.7 Å². The summed E-state index contributed by atoms with van der Waals surface area (Å²) in [4.78, 5) is 12.1. The van der Waals surface area contributed by atoms with Gasteiger partial charge in [0.2, 0.25) is 0 Å². The van der Waals surface area contributed by atoms with E-state index in [9.17, 15) is 25.2 Å². The zero-order valence-corrected chi connectivity index (χ0v) is 11.6. The monoisotopic (exact) mass is 284 g/mol. The number of rotatable bonds is 3. The highest BCUT2D eigenvalue weighted by Crippen LogP contribution is 2.28. The molecule has 0 bridgehead atoms. The van der Waals surface area contributed by atoms with Crippen molar-refractivity contribution in [3.63, 3.8) is 0 Å². The van der Waals surface area contributed by atoms with E-state index in [-0.39, 0.29) is 18.1 Å². The fourth-order valence-electron chi connectivity index (χ4n) is 3.15. The van der Waals surface area contributed by atoms with E-state index in [4.69, 9.17) is 0 Å². The second-order valence-corrected chi connectivity index (χ2v) is 6.11. The van der Waals surface area contributed by atoms with Gasteiger partial charge in [-0.1, -0.05) is 6.08 Å². The molecule has 5 heteroatoms. The zero-order chi connectivity index (χ0) is 14.7. The average Bonchev–Trinajstić information content (AvgIpc) is 2.40. The Hall–Kier alpha value is -0.750. The Bertz CT molecular complexity index is 367. The van der Waals surface area contributed by atoms with E-state index in [2.05, 4.69) is 0 Å². The predicted octanol–water partition coefficient (Wildman–Crippen LogP) is 0.155. The van der Waals surface area contributed by atoms with Gasteiger partial charge in [0.1, 0.15) is 0 Å². The molecule has 2 rings (SSSR count). The molecule has 0 heterocycles. The van der Waals surface area contributed by atoms with Crippen molar-refractivity contribution in [2.45, 2.75) is 62.9 Å². The standard InChI is InChI=1S/C15H24O5/c16-10-3-4-11(14(19)8-10)12(17)5-1-9-2-6-13(18)15(20)7-9/h1,5,9-11,13-16,18-20H,2-4,6-8H2/b5-1+. The molecule has 2 aliphatic rings. The first-order valence-corrected chi connectivity index (χ1v) is 7.41. The molecule has 0 aromatic rings. The Balaban J connectivity index is 1.86. The molecule has 0 amide bonds. The van der Waals surface area contributed by atoms with Crippen LogP contribution >= 0.6 is 0 Å². The molecular weight excluding hydrogens is 260 g/mol. The Morgan fingerprint density at radius 1 is 0.850 bits per heavy atom. The number of carbonyl (C=O) groups excluding carboxylic acids is 1. The van der Waals surface area contributed by atoms with Crippen molar-refractivity contribution in [2.75, 3.05) is 0 Å². The summed E-state index contributed by atoms with van der Waals surface area (Å²) < 4.78 is 0. The van der Waals surface area contributed by atoms with Crippen LogP contribution in [0.3, 0.4) is 0 Å². The number of aliphatic hydroxyl groups is 4. The van der Waals surface area contributed by atoms with Crippen LogP contribution in [-0.4, -0.2) is 50.6 Å². The van der Waals surface area contributed by atoms with E-state index >= 15 is 0 Å². The minimum atomic E-state index is -0.769. The van der Waals surface area contributed by atoms with Crippen LogP contribution in [0.25, 0.3) is 0 Å². The predicted molar refractivity (Wildman–Crippen MR) is 72.9 cm³/mol. The fourth-order valence-corrected chi connectivity index (χ4v) is 3.15. The van der Waals surface area contributed by atoms with Crippen LogP contribution in [0.15, 0.2) is 12.2 Å². The van der Waals surface area contributed by atoms with Crippen molar-refractivity contribution in [2.24, 2.45) is 11.8 Å². The molecule has 6 unspecified atom stereocenters. The lowest BCUT2D eigenvalue weighted by Crippen LogP contribution is -2.36. The first kappa shape index (κ1) is 15.6. The number of ketones is 1. The summed E-state index contributed by atoms with van der Waals surface area (Å²) in [5.74, 6) is -0.428. The van der Waals surface area contributed by atoms with E-state index < -0.39 is 30.3 Å².